The minimum Gasteiger partial charge on any atom is -0.312 e. The third kappa shape index (κ3) is 5.60. The van der Waals surface area contributed by atoms with Gasteiger partial charge in [-0.25, -0.2) is 4.98 Å². The van der Waals surface area contributed by atoms with Crippen LogP contribution in [-0.2, 0) is 6.54 Å². The van der Waals surface area contributed by atoms with E-state index >= 15 is 0 Å². The fourth-order valence-corrected chi connectivity index (χ4v) is 2.27. The minimum atomic E-state index is 0.0599. The Morgan fingerprint density at radius 3 is 2.68 bits per heavy atom. The summed E-state index contributed by atoms with van der Waals surface area (Å²) in [4.78, 5) is 16.2. The molecule has 0 amide bonds. The molecule has 0 aliphatic rings. The van der Waals surface area contributed by atoms with Crippen LogP contribution in [-0.4, -0.2) is 22.1 Å². The summed E-state index contributed by atoms with van der Waals surface area (Å²) in [6.45, 7) is 10.0. The second-order valence-electron chi connectivity index (χ2n) is 5.47. The average molecular weight is 377 g/mol. The normalized spacial score (nSPS) is 12.9. The highest BCUT2D eigenvalue weighted by Crippen LogP contribution is 2.06. The molecule has 0 fully saturated rings. The number of rotatable bonds is 7. The van der Waals surface area contributed by atoms with E-state index in [1.807, 2.05) is 6.92 Å². The Bertz CT molecular complexity index is 456. The summed E-state index contributed by atoms with van der Waals surface area (Å²) in [5.41, 5.74) is 0.866. The van der Waals surface area contributed by atoms with Gasteiger partial charge >= 0.3 is 0 Å². The zero-order chi connectivity index (χ0) is 14.4. The van der Waals surface area contributed by atoms with Gasteiger partial charge in [-0.15, -0.1) is 0 Å². The predicted molar refractivity (Wildman–Crippen MR) is 87.5 cm³/mol. The highest BCUT2D eigenvalue weighted by Gasteiger charge is 2.06. The molecule has 1 N–H and O–H groups in total. The summed E-state index contributed by atoms with van der Waals surface area (Å²) >= 11 is 2.06. The van der Waals surface area contributed by atoms with Gasteiger partial charge < -0.3 is 5.32 Å². The van der Waals surface area contributed by atoms with Crippen LogP contribution in [0.4, 0.5) is 0 Å². The van der Waals surface area contributed by atoms with Crippen LogP contribution < -0.4 is 10.9 Å². The SMILES string of the molecule is Cc1ncn(CCNC(C)CCC(C)C)c(=O)c1I. The van der Waals surface area contributed by atoms with Crippen molar-refractivity contribution in [1.82, 2.24) is 14.9 Å². The molecule has 108 valence electrons. The predicted octanol–water partition coefficient (Wildman–Crippen LogP) is 2.57. The van der Waals surface area contributed by atoms with Gasteiger partial charge in [-0.3, -0.25) is 9.36 Å². The van der Waals surface area contributed by atoms with Gasteiger partial charge in [0.15, 0.2) is 0 Å². The lowest BCUT2D eigenvalue weighted by molar-refractivity contribution is 0.438. The highest BCUT2D eigenvalue weighted by molar-refractivity contribution is 14.1. The number of aryl methyl sites for hydroxylation is 1. The first kappa shape index (κ1) is 16.6. The maximum absolute atomic E-state index is 12.0. The van der Waals surface area contributed by atoms with Crippen LogP contribution in [0.25, 0.3) is 0 Å². The molecule has 5 heteroatoms. The maximum Gasteiger partial charge on any atom is 0.267 e. The molecule has 0 bridgehead atoms. The Hall–Kier alpha value is -0.430. The molecule has 4 nitrogen and oxygen atoms in total. The molecular formula is C14H24IN3O. The van der Waals surface area contributed by atoms with Gasteiger partial charge in [0.2, 0.25) is 0 Å². The quantitative estimate of drug-likeness (QED) is 0.743. The largest absolute Gasteiger partial charge is 0.312 e. The summed E-state index contributed by atoms with van der Waals surface area (Å²) in [7, 11) is 0. The highest BCUT2D eigenvalue weighted by atomic mass is 127. The second kappa shape index (κ2) is 7.99. The second-order valence-corrected chi connectivity index (χ2v) is 6.55. The van der Waals surface area contributed by atoms with Crippen molar-refractivity contribution in [3.8, 4) is 0 Å². The third-order valence-electron chi connectivity index (χ3n) is 3.18. The molecule has 0 aliphatic heterocycles. The van der Waals surface area contributed by atoms with Crippen molar-refractivity contribution < 1.29 is 0 Å². The van der Waals surface area contributed by atoms with Crippen molar-refractivity contribution in [2.45, 2.75) is 53.1 Å². The monoisotopic (exact) mass is 377 g/mol. The molecule has 1 aromatic heterocycles. The lowest BCUT2D eigenvalue weighted by Crippen LogP contribution is -2.33. The first-order chi connectivity index (χ1) is 8.91. The molecule has 0 spiro atoms. The first-order valence-corrected chi connectivity index (χ1v) is 7.94. The van der Waals surface area contributed by atoms with Crippen molar-refractivity contribution >= 4 is 22.6 Å². The van der Waals surface area contributed by atoms with Crippen molar-refractivity contribution in [2.24, 2.45) is 5.92 Å². The van der Waals surface area contributed by atoms with E-state index < -0.39 is 0 Å². The fraction of sp³-hybridized carbons (Fsp3) is 0.714. The molecule has 0 aromatic carbocycles. The lowest BCUT2D eigenvalue weighted by atomic mass is 10.0. The van der Waals surface area contributed by atoms with Gasteiger partial charge in [0.25, 0.3) is 5.56 Å². The summed E-state index contributed by atoms with van der Waals surface area (Å²) in [6, 6.07) is 0.496. The summed E-state index contributed by atoms with van der Waals surface area (Å²) in [6.07, 6.45) is 4.05. The first-order valence-electron chi connectivity index (χ1n) is 6.86. The Labute approximate surface area is 129 Å². The van der Waals surface area contributed by atoms with E-state index in [0.717, 1.165) is 18.2 Å². The van der Waals surface area contributed by atoms with E-state index in [2.05, 4.69) is 53.7 Å². The van der Waals surface area contributed by atoms with E-state index in [9.17, 15) is 4.79 Å². The number of nitrogens with one attached hydrogen (secondary N) is 1. The Morgan fingerprint density at radius 1 is 1.37 bits per heavy atom. The summed E-state index contributed by atoms with van der Waals surface area (Å²) < 4.78 is 2.39. The van der Waals surface area contributed by atoms with Crippen LogP contribution in [0.5, 0.6) is 0 Å². The van der Waals surface area contributed by atoms with Gasteiger partial charge in [-0.05, 0) is 55.2 Å². The lowest BCUT2D eigenvalue weighted by Gasteiger charge is -2.15. The number of hydrogen-bond donors (Lipinski definition) is 1. The zero-order valence-electron chi connectivity index (χ0n) is 12.2. The van der Waals surface area contributed by atoms with E-state index in [0.29, 0.717) is 16.2 Å². The molecule has 1 heterocycles. The molecule has 0 radical (unpaired) electrons. The van der Waals surface area contributed by atoms with Gasteiger partial charge in [0.1, 0.15) is 0 Å². The standard InChI is InChI=1S/C14H24IN3O/c1-10(2)5-6-11(3)16-7-8-18-9-17-12(4)13(15)14(18)19/h9-11,16H,5-8H2,1-4H3. The number of hydrogen-bond acceptors (Lipinski definition) is 3. The van der Waals surface area contributed by atoms with Crippen LogP contribution in [0.15, 0.2) is 11.1 Å². The summed E-state index contributed by atoms with van der Waals surface area (Å²) in [5.74, 6) is 0.745. The fourth-order valence-electron chi connectivity index (χ4n) is 1.82. The molecule has 0 saturated carbocycles. The van der Waals surface area contributed by atoms with E-state index in [4.69, 9.17) is 0 Å². The van der Waals surface area contributed by atoms with E-state index in [-0.39, 0.29) is 5.56 Å². The molecular weight excluding hydrogens is 353 g/mol. The van der Waals surface area contributed by atoms with Gasteiger partial charge in [-0.2, -0.15) is 0 Å². The van der Waals surface area contributed by atoms with E-state index in [1.165, 1.54) is 12.8 Å². The van der Waals surface area contributed by atoms with Gasteiger partial charge in [0, 0.05) is 19.1 Å². The average Bonchev–Trinajstić information content (AvgIpc) is 2.36. The Balaban J connectivity index is 2.41. The van der Waals surface area contributed by atoms with E-state index in [1.54, 1.807) is 10.9 Å². The molecule has 0 saturated heterocycles. The molecule has 1 unspecified atom stereocenters. The molecule has 19 heavy (non-hydrogen) atoms. The smallest absolute Gasteiger partial charge is 0.267 e. The Kier molecular flexibility index (Phi) is 6.99. The van der Waals surface area contributed by atoms with Crippen molar-refractivity contribution in [3.05, 3.63) is 25.9 Å². The topological polar surface area (TPSA) is 46.9 Å². The molecule has 1 aromatic rings. The number of aromatic nitrogens is 2. The van der Waals surface area contributed by atoms with Crippen LogP contribution >= 0.6 is 22.6 Å². The summed E-state index contributed by atoms with van der Waals surface area (Å²) in [5, 5.41) is 3.46. The van der Waals surface area contributed by atoms with Crippen molar-refractivity contribution in [1.29, 1.82) is 0 Å². The molecule has 1 rings (SSSR count). The number of nitrogens with zero attached hydrogens (tertiary/aromatic N) is 2. The third-order valence-corrected chi connectivity index (χ3v) is 4.42. The van der Waals surface area contributed by atoms with Gasteiger partial charge in [-0.1, -0.05) is 13.8 Å². The molecule has 1 atom stereocenters. The number of halogens is 1. The van der Waals surface area contributed by atoms with Crippen molar-refractivity contribution in [2.75, 3.05) is 6.54 Å². The van der Waals surface area contributed by atoms with Crippen LogP contribution in [0.3, 0.4) is 0 Å². The van der Waals surface area contributed by atoms with Crippen LogP contribution in [0, 0.1) is 16.4 Å². The van der Waals surface area contributed by atoms with Gasteiger partial charge in [0.05, 0.1) is 15.6 Å². The molecule has 0 aliphatic carbocycles. The Morgan fingerprint density at radius 2 is 2.05 bits per heavy atom. The maximum atomic E-state index is 12.0. The van der Waals surface area contributed by atoms with Crippen LogP contribution in [0.2, 0.25) is 0 Å². The zero-order valence-corrected chi connectivity index (χ0v) is 14.4. The minimum absolute atomic E-state index is 0.0599. The van der Waals surface area contributed by atoms with Crippen molar-refractivity contribution in [3.63, 3.8) is 0 Å². The van der Waals surface area contributed by atoms with Crippen LogP contribution in [0.1, 0.15) is 39.3 Å².